The van der Waals surface area contributed by atoms with Crippen LogP contribution in [0.25, 0.3) is 0 Å². The van der Waals surface area contributed by atoms with Gasteiger partial charge >= 0.3 is 0 Å². The zero-order chi connectivity index (χ0) is 11.5. The van der Waals surface area contributed by atoms with Gasteiger partial charge in [0.15, 0.2) is 0 Å². The molecule has 0 spiro atoms. The molecule has 1 aromatic carbocycles. The number of hydrogen-bond acceptors (Lipinski definition) is 2. The lowest BCUT2D eigenvalue weighted by atomic mass is 10.0. The van der Waals surface area contributed by atoms with Gasteiger partial charge < -0.3 is 10.6 Å². The van der Waals surface area contributed by atoms with Gasteiger partial charge in [0.25, 0.3) is 0 Å². The van der Waals surface area contributed by atoms with Crippen LogP contribution in [0.3, 0.4) is 0 Å². The fourth-order valence-corrected chi connectivity index (χ4v) is 2.25. The molecule has 1 aromatic rings. The molecule has 2 N–H and O–H groups in total. The van der Waals surface area contributed by atoms with Gasteiger partial charge in [-0.25, -0.2) is 0 Å². The molecule has 0 saturated heterocycles. The molecule has 3 heteroatoms. The third-order valence-electron chi connectivity index (χ3n) is 3.27. The van der Waals surface area contributed by atoms with Crippen molar-refractivity contribution < 1.29 is 0 Å². The molecule has 1 unspecified atom stereocenters. The monoisotopic (exact) mass is 238 g/mol. The Kier molecular flexibility index (Phi) is 3.85. The van der Waals surface area contributed by atoms with Crippen LogP contribution in [-0.4, -0.2) is 24.5 Å². The summed E-state index contributed by atoms with van der Waals surface area (Å²) >= 11 is 6.12. The molecule has 2 rings (SSSR count). The lowest BCUT2D eigenvalue weighted by molar-refractivity contribution is 0.309. The number of rotatable bonds is 5. The minimum absolute atomic E-state index is 0.0508. The van der Waals surface area contributed by atoms with Crippen molar-refractivity contribution in [2.24, 2.45) is 5.73 Å². The molecular formula is C13H19ClN2. The molecule has 0 aromatic heterocycles. The highest BCUT2D eigenvalue weighted by Gasteiger charge is 2.26. The van der Waals surface area contributed by atoms with Crippen molar-refractivity contribution in [2.45, 2.75) is 31.3 Å². The lowest BCUT2D eigenvalue weighted by Gasteiger charge is -2.19. The minimum atomic E-state index is 0.0508. The van der Waals surface area contributed by atoms with Gasteiger partial charge in [-0.3, -0.25) is 0 Å². The average Bonchev–Trinajstić information content (AvgIpc) is 3.10. The predicted octanol–water partition coefficient (Wildman–Crippen LogP) is 2.82. The fourth-order valence-electron chi connectivity index (χ4n) is 1.97. The molecule has 0 amide bonds. The van der Waals surface area contributed by atoms with Gasteiger partial charge in [0.1, 0.15) is 0 Å². The third kappa shape index (κ3) is 2.97. The first-order valence-electron chi connectivity index (χ1n) is 5.88. The topological polar surface area (TPSA) is 29.3 Å². The summed E-state index contributed by atoms with van der Waals surface area (Å²) in [5, 5.41) is 0.782. The summed E-state index contributed by atoms with van der Waals surface area (Å²) in [7, 11) is 2.18. The zero-order valence-corrected chi connectivity index (χ0v) is 10.5. The van der Waals surface area contributed by atoms with Crippen molar-refractivity contribution in [3.05, 3.63) is 34.9 Å². The molecule has 0 heterocycles. The Labute approximate surface area is 102 Å². The van der Waals surface area contributed by atoms with E-state index in [1.807, 2.05) is 24.3 Å². The molecule has 0 radical (unpaired) electrons. The van der Waals surface area contributed by atoms with Crippen LogP contribution in [0.15, 0.2) is 24.3 Å². The van der Waals surface area contributed by atoms with Crippen LogP contribution in [0.5, 0.6) is 0 Å². The largest absolute Gasteiger partial charge is 0.324 e. The quantitative estimate of drug-likeness (QED) is 0.855. The van der Waals surface area contributed by atoms with Crippen LogP contribution in [0.4, 0.5) is 0 Å². The highest BCUT2D eigenvalue weighted by Crippen LogP contribution is 2.27. The molecule has 1 atom stereocenters. The minimum Gasteiger partial charge on any atom is -0.324 e. The Balaban J connectivity index is 1.87. The van der Waals surface area contributed by atoms with Gasteiger partial charge in [0.05, 0.1) is 0 Å². The molecular weight excluding hydrogens is 220 g/mol. The maximum absolute atomic E-state index is 6.15. The molecule has 1 saturated carbocycles. The first-order chi connectivity index (χ1) is 7.68. The summed E-state index contributed by atoms with van der Waals surface area (Å²) in [6.07, 6.45) is 3.66. The van der Waals surface area contributed by atoms with Crippen molar-refractivity contribution in [1.82, 2.24) is 4.90 Å². The number of nitrogens with two attached hydrogens (primary N) is 1. The van der Waals surface area contributed by atoms with Gasteiger partial charge in [0, 0.05) is 17.1 Å². The fraction of sp³-hybridized carbons (Fsp3) is 0.538. The van der Waals surface area contributed by atoms with E-state index in [1.165, 1.54) is 12.8 Å². The van der Waals surface area contributed by atoms with Crippen molar-refractivity contribution in [1.29, 1.82) is 0 Å². The predicted molar refractivity (Wildman–Crippen MR) is 68.6 cm³/mol. The van der Waals surface area contributed by atoms with Crippen LogP contribution in [0.1, 0.15) is 30.9 Å². The highest BCUT2D eigenvalue weighted by molar-refractivity contribution is 6.31. The SMILES string of the molecule is CN(CCC(N)c1ccccc1Cl)C1CC1. The Morgan fingerprint density at radius 2 is 2.12 bits per heavy atom. The summed E-state index contributed by atoms with van der Waals surface area (Å²) in [5.41, 5.74) is 7.22. The standard InChI is InChI=1S/C13H19ClN2/c1-16(10-6-7-10)9-8-13(15)11-4-2-3-5-12(11)14/h2-5,10,13H,6-9,15H2,1H3. The highest BCUT2D eigenvalue weighted by atomic mass is 35.5. The van der Waals surface area contributed by atoms with Crippen molar-refractivity contribution in [2.75, 3.05) is 13.6 Å². The summed E-state index contributed by atoms with van der Waals surface area (Å²) in [5.74, 6) is 0. The maximum Gasteiger partial charge on any atom is 0.0453 e. The van der Waals surface area contributed by atoms with Gasteiger partial charge in [-0.05, 0) is 44.5 Å². The second-order valence-corrected chi connectivity index (χ2v) is 5.04. The normalized spacial score (nSPS) is 17.8. The second kappa shape index (κ2) is 5.17. The van der Waals surface area contributed by atoms with E-state index >= 15 is 0 Å². The molecule has 16 heavy (non-hydrogen) atoms. The number of hydrogen-bond donors (Lipinski definition) is 1. The summed E-state index contributed by atoms with van der Waals surface area (Å²) in [4.78, 5) is 2.40. The van der Waals surface area contributed by atoms with Gasteiger partial charge in [-0.15, -0.1) is 0 Å². The average molecular weight is 239 g/mol. The van der Waals surface area contributed by atoms with Gasteiger partial charge in [-0.1, -0.05) is 29.8 Å². The van der Waals surface area contributed by atoms with Gasteiger partial charge in [0.2, 0.25) is 0 Å². The molecule has 0 bridgehead atoms. The molecule has 1 fully saturated rings. The van der Waals surface area contributed by atoms with Crippen LogP contribution in [-0.2, 0) is 0 Å². The second-order valence-electron chi connectivity index (χ2n) is 4.63. The Bertz CT molecular complexity index is 350. The number of benzene rings is 1. The van der Waals surface area contributed by atoms with Crippen LogP contribution in [0.2, 0.25) is 5.02 Å². The first-order valence-corrected chi connectivity index (χ1v) is 6.26. The summed E-state index contributed by atoms with van der Waals surface area (Å²) in [6.45, 7) is 1.05. The van der Waals surface area contributed by atoms with E-state index in [0.717, 1.165) is 29.6 Å². The number of nitrogens with zero attached hydrogens (tertiary/aromatic N) is 1. The summed E-state index contributed by atoms with van der Waals surface area (Å²) < 4.78 is 0. The van der Waals surface area contributed by atoms with E-state index in [0.29, 0.717) is 0 Å². The van der Waals surface area contributed by atoms with E-state index in [1.54, 1.807) is 0 Å². The lowest BCUT2D eigenvalue weighted by Crippen LogP contribution is -2.25. The van der Waals surface area contributed by atoms with E-state index in [2.05, 4.69) is 11.9 Å². The third-order valence-corrected chi connectivity index (χ3v) is 3.61. The molecule has 0 aliphatic heterocycles. The van der Waals surface area contributed by atoms with Gasteiger partial charge in [-0.2, -0.15) is 0 Å². The van der Waals surface area contributed by atoms with Crippen molar-refractivity contribution >= 4 is 11.6 Å². The molecule has 88 valence electrons. The molecule has 1 aliphatic carbocycles. The van der Waals surface area contributed by atoms with E-state index in [-0.39, 0.29) is 6.04 Å². The van der Waals surface area contributed by atoms with Crippen LogP contribution < -0.4 is 5.73 Å². The van der Waals surface area contributed by atoms with E-state index in [9.17, 15) is 0 Å². The smallest absolute Gasteiger partial charge is 0.0453 e. The number of halogens is 1. The van der Waals surface area contributed by atoms with Crippen LogP contribution >= 0.6 is 11.6 Å². The van der Waals surface area contributed by atoms with Crippen molar-refractivity contribution in [3.8, 4) is 0 Å². The Morgan fingerprint density at radius 3 is 2.75 bits per heavy atom. The molecule has 1 aliphatic rings. The zero-order valence-electron chi connectivity index (χ0n) is 9.70. The molecule has 2 nitrogen and oxygen atoms in total. The Hall–Kier alpha value is -0.570. The van der Waals surface area contributed by atoms with E-state index in [4.69, 9.17) is 17.3 Å². The summed E-state index contributed by atoms with van der Waals surface area (Å²) in [6, 6.07) is 8.71. The van der Waals surface area contributed by atoms with Crippen LogP contribution in [0, 0.1) is 0 Å². The first kappa shape index (κ1) is 11.9. The Morgan fingerprint density at radius 1 is 1.44 bits per heavy atom. The van der Waals surface area contributed by atoms with Crippen molar-refractivity contribution in [3.63, 3.8) is 0 Å². The van der Waals surface area contributed by atoms with E-state index < -0.39 is 0 Å². The maximum atomic E-state index is 6.15.